The molecule has 1 aromatic rings. The van der Waals surface area contributed by atoms with E-state index in [1.165, 1.54) is 6.07 Å². The molecule has 0 heterocycles. The standard InChI is InChI=1S/C14H18F3N/c1-18-8-9-4-2-3-5-10(9)11-6-7-12(15)14(17)13(11)16/h6-7,9-10,18H,2-5,8H2,1H3. The minimum absolute atomic E-state index is 0.0127. The minimum atomic E-state index is -1.35. The number of hydrogen-bond donors (Lipinski definition) is 1. The van der Waals surface area contributed by atoms with E-state index < -0.39 is 17.5 Å². The van der Waals surface area contributed by atoms with E-state index in [0.717, 1.165) is 38.3 Å². The molecule has 4 heteroatoms. The van der Waals surface area contributed by atoms with Gasteiger partial charge in [0.25, 0.3) is 0 Å². The van der Waals surface area contributed by atoms with Gasteiger partial charge in [-0.25, -0.2) is 13.2 Å². The van der Waals surface area contributed by atoms with Crippen LogP contribution in [0.3, 0.4) is 0 Å². The first-order valence-corrected chi connectivity index (χ1v) is 6.43. The van der Waals surface area contributed by atoms with Crippen molar-refractivity contribution in [2.45, 2.75) is 31.6 Å². The zero-order valence-corrected chi connectivity index (χ0v) is 10.5. The van der Waals surface area contributed by atoms with Gasteiger partial charge in [0, 0.05) is 0 Å². The summed E-state index contributed by atoms with van der Waals surface area (Å²) in [6.07, 6.45) is 3.98. The second kappa shape index (κ2) is 5.74. The molecule has 0 saturated heterocycles. The Hall–Kier alpha value is -1.03. The fourth-order valence-electron chi connectivity index (χ4n) is 2.95. The molecule has 0 spiro atoms. The van der Waals surface area contributed by atoms with Gasteiger partial charge in [-0.3, -0.25) is 0 Å². The lowest BCUT2D eigenvalue weighted by molar-refractivity contribution is 0.291. The predicted molar refractivity (Wildman–Crippen MR) is 64.9 cm³/mol. The lowest BCUT2D eigenvalue weighted by Gasteiger charge is -2.32. The molecule has 1 aliphatic rings. The van der Waals surface area contributed by atoms with Gasteiger partial charge in [-0.2, -0.15) is 0 Å². The van der Waals surface area contributed by atoms with Crippen molar-refractivity contribution in [3.05, 3.63) is 35.1 Å². The number of hydrogen-bond acceptors (Lipinski definition) is 1. The second-order valence-corrected chi connectivity index (χ2v) is 4.97. The van der Waals surface area contributed by atoms with Crippen molar-refractivity contribution in [2.24, 2.45) is 5.92 Å². The van der Waals surface area contributed by atoms with Crippen molar-refractivity contribution in [2.75, 3.05) is 13.6 Å². The van der Waals surface area contributed by atoms with Gasteiger partial charge in [-0.05, 0) is 49.9 Å². The van der Waals surface area contributed by atoms with Gasteiger partial charge >= 0.3 is 0 Å². The molecule has 1 aliphatic carbocycles. The van der Waals surface area contributed by atoms with Crippen LogP contribution in [0.1, 0.15) is 37.2 Å². The summed E-state index contributed by atoms with van der Waals surface area (Å²) in [6.45, 7) is 0.781. The van der Waals surface area contributed by atoms with Gasteiger partial charge in [0.15, 0.2) is 17.5 Å². The Morgan fingerprint density at radius 3 is 2.56 bits per heavy atom. The van der Waals surface area contributed by atoms with Crippen LogP contribution in [0.15, 0.2) is 12.1 Å². The molecule has 0 amide bonds. The first kappa shape index (κ1) is 13.4. The van der Waals surface area contributed by atoms with Crippen LogP contribution in [0.2, 0.25) is 0 Å². The van der Waals surface area contributed by atoms with Gasteiger partial charge in [-0.15, -0.1) is 0 Å². The third-order valence-electron chi connectivity index (χ3n) is 3.84. The molecular formula is C14H18F3N. The van der Waals surface area contributed by atoms with Gasteiger partial charge in [0.05, 0.1) is 0 Å². The summed E-state index contributed by atoms with van der Waals surface area (Å²) >= 11 is 0. The van der Waals surface area contributed by atoms with Gasteiger partial charge in [-0.1, -0.05) is 18.9 Å². The molecule has 2 atom stereocenters. The van der Waals surface area contributed by atoms with Crippen molar-refractivity contribution in [3.8, 4) is 0 Å². The highest BCUT2D eigenvalue weighted by molar-refractivity contribution is 5.25. The quantitative estimate of drug-likeness (QED) is 0.816. The molecule has 0 aromatic heterocycles. The molecule has 1 N–H and O–H groups in total. The fourth-order valence-corrected chi connectivity index (χ4v) is 2.95. The fraction of sp³-hybridized carbons (Fsp3) is 0.571. The molecule has 2 rings (SSSR count). The monoisotopic (exact) mass is 257 g/mol. The Balaban J connectivity index is 2.31. The first-order chi connectivity index (χ1) is 8.65. The molecule has 1 saturated carbocycles. The summed E-state index contributed by atoms with van der Waals surface area (Å²) in [7, 11) is 1.85. The Labute approximate surface area is 105 Å². The minimum Gasteiger partial charge on any atom is -0.319 e. The van der Waals surface area contributed by atoms with Crippen LogP contribution in [-0.2, 0) is 0 Å². The molecule has 18 heavy (non-hydrogen) atoms. The Kier molecular flexibility index (Phi) is 4.27. The van der Waals surface area contributed by atoms with Crippen LogP contribution in [0.5, 0.6) is 0 Å². The van der Waals surface area contributed by atoms with Gasteiger partial charge < -0.3 is 5.32 Å². The summed E-state index contributed by atoms with van der Waals surface area (Å²) < 4.78 is 40.1. The third kappa shape index (κ3) is 2.53. The molecular weight excluding hydrogens is 239 g/mol. The molecule has 1 nitrogen and oxygen atoms in total. The average molecular weight is 257 g/mol. The van der Waals surface area contributed by atoms with Crippen molar-refractivity contribution in [1.82, 2.24) is 5.32 Å². The van der Waals surface area contributed by atoms with E-state index in [-0.39, 0.29) is 5.92 Å². The van der Waals surface area contributed by atoms with E-state index in [4.69, 9.17) is 0 Å². The van der Waals surface area contributed by atoms with Crippen molar-refractivity contribution in [1.29, 1.82) is 0 Å². The van der Waals surface area contributed by atoms with Gasteiger partial charge in [0.2, 0.25) is 0 Å². The Morgan fingerprint density at radius 1 is 1.11 bits per heavy atom. The van der Waals surface area contributed by atoms with Crippen LogP contribution in [0, 0.1) is 23.4 Å². The molecule has 0 radical (unpaired) electrons. The average Bonchev–Trinajstić information content (AvgIpc) is 2.38. The van der Waals surface area contributed by atoms with E-state index in [1.54, 1.807) is 0 Å². The maximum absolute atomic E-state index is 13.8. The largest absolute Gasteiger partial charge is 0.319 e. The van der Waals surface area contributed by atoms with E-state index in [9.17, 15) is 13.2 Å². The lowest BCUT2D eigenvalue weighted by atomic mass is 9.75. The van der Waals surface area contributed by atoms with Crippen LogP contribution < -0.4 is 5.32 Å². The number of benzene rings is 1. The van der Waals surface area contributed by atoms with E-state index in [1.807, 2.05) is 7.05 Å². The van der Waals surface area contributed by atoms with Crippen molar-refractivity contribution < 1.29 is 13.2 Å². The van der Waals surface area contributed by atoms with E-state index in [2.05, 4.69) is 5.32 Å². The molecule has 100 valence electrons. The highest BCUT2D eigenvalue weighted by Crippen LogP contribution is 2.39. The van der Waals surface area contributed by atoms with Gasteiger partial charge in [0.1, 0.15) is 0 Å². The van der Waals surface area contributed by atoms with Crippen LogP contribution in [0.4, 0.5) is 13.2 Å². The van der Waals surface area contributed by atoms with E-state index in [0.29, 0.717) is 11.5 Å². The lowest BCUT2D eigenvalue weighted by Crippen LogP contribution is -2.28. The van der Waals surface area contributed by atoms with Crippen LogP contribution in [0.25, 0.3) is 0 Å². The molecule has 1 aromatic carbocycles. The number of halogens is 3. The van der Waals surface area contributed by atoms with Crippen molar-refractivity contribution >= 4 is 0 Å². The highest BCUT2D eigenvalue weighted by Gasteiger charge is 2.29. The van der Waals surface area contributed by atoms with Crippen LogP contribution >= 0.6 is 0 Å². The molecule has 0 aliphatic heterocycles. The van der Waals surface area contributed by atoms with Crippen molar-refractivity contribution in [3.63, 3.8) is 0 Å². The topological polar surface area (TPSA) is 12.0 Å². The molecule has 0 bridgehead atoms. The maximum Gasteiger partial charge on any atom is 0.194 e. The predicted octanol–water partition coefficient (Wildman–Crippen LogP) is 3.60. The Bertz CT molecular complexity index is 418. The first-order valence-electron chi connectivity index (χ1n) is 6.43. The summed E-state index contributed by atoms with van der Waals surface area (Å²) in [5.74, 6) is -3.19. The second-order valence-electron chi connectivity index (χ2n) is 4.97. The summed E-state index contributed by atoms with van der Waals surface area (Å²) in [5, 5.41) is 3.09. The molecule has 2 unspecified atom stereocenters. The maximum atomic E-state index is 13.8. The van der Waals surface area contributed by atoms with Crippen LogP contribution in [-0.4, -0.2) is 13.6 Å². The third-order valence-corrected chi connectivity index (χ3v) is 3.84. The zero-order chi connectivity index (χ0) is 13.1. The highest BCUT2D eigenvalue weighted by atomic mass is 19.2. The number of rotatable bonds is 3. The zero-order valence-electron chi connectivity index (χ0n) is 10.5. The summed E-state index contributed by atoms with van der Waals surface area (Å²) in [5.41, 5.74) is 0.328. The Morgan fingerprint density at radius 2 is 1.83 bits per heavy atom. The van der Waals surface area contributed by atoms with E-state index >= 15 is 0 Å². The summed E-state index contributed by atoms with van der Waals surface area (Å²) in [6, 6.07) is 2.42. The normalized spacial score (nSPS) is 24.2. The number of nitrogens with one attached hydrogen (secondary N) is 1. The smallest absolute Gasteiger partial charge is 0.194 e. The summed E-state index contributed by atoms with van der Waals surface area (Å²) in [4.78, 5) is 0. The molecule has 1 fully saturated rings. The SMILES string of the molecule is CNCC1CCCCC1c1ccc(F)c(F)c1F.